The molecule has 0 radical (unpaired) electrons. The first-order valence-electron chi connectivity index (χ1n) is 6.23. The van der Waals surface area contributed by atoms with E-state index in [9.17, 15) is 4.79 Å². The highest BCUT2D eigenvalue weighted by Gasteiger charge is 2.07. The molecule has 20 heavy (non-hydrogen) atoms. The molecule has 0 aliphatic carbocycles. The van der Waals surface area contributed by atoms with E-state index in [-0.39, 0.29) is 5.91 Å². The van der Waals surface area contributed by atoms with Crippen LogP contribution in [0.1, 0.15) is 17.0 Å². The third-order valence-electron chi connectivity index (χ3n) is 3.10. The van der Waals surface area contributed by atoms with Gasteiger partial charge in [-0.2, -0.15) is 5.10 Å². The molecular formula is C15H16ClN3O. The molecule has 0 aliphatic rings. The number of carbonyl (C=O) groups excluding carboxylic acids is 1. The Kier molecular flexibility index (Phi) is 4.25. The van der Waals surface area contributed by atoms with Gasteiger partial charge in [-0.3, -0.25) is 9.48 Å². The molecule has 1 heterocycles. The molecule has 0 saturated heterocycles. The zero-order valence-electron chi connectivity index (χ0n) is 11.6. The first kappa shape index (κ1) is 14.3. The minimum Gasteiger partial charge on any atom is -0.321 e. The van der Waals surface area contributed by atoms with Gasteiger partial charge in [-0.05, 0) is 32.1 Å². The van der Waals surface area contributed by atoms with Crippen molar-refractivity contribution in [1.29, 1.82) is 0 Å². The summed E-state index contributed by atoms with van der Waals surface area (Å²) in [7, 11) is 1.88. The number of hydrogen-bond acceptors (Lipinski definition) is 2. The molecule has 0 spiro atoms. The number of aryl methyl sites for hydroxylation is 2. The first-order chi connectivity index (χ1) is 9.49. The van der Waals surface area contributed by atoms with E-state index < -0.39 is 0 Å². The Morgan fingerprint density at radius 3 is 2.65 bits per heavy atom. The van der Waals surface area contributed by atoms with Crippen molar-refractivity contribution >= 4 is 29.3 Å². The predicted molar refractivity (Wildman–Crippen MR) is 81.8 cm³/mol. The van der Waals surface area contributed by atoms with Gasteiger partial charge in [-0.25, -0.2) is 0 Å². The smallest absolute Gasteiger partial charge is 0.248 e. The Balaban J connectivity index is 2.12. The standard InChI is InChI=1S/C15H16ClN3O/c1-10-12(11(2)19(3)18-10)8-9-15(20)17-14-7-5-4-6-13(14)16/h4-9H,1-3H3,(H,17,20). The topological polar surface area (TPSA) is 46.9 Å². The monoisotopic (exact) mass is 289 g/mol. The lowest BCUT2D eigenvalue weighted by molar-refractivity contribution is -0.111. The Morgan fingerprint density at radius 2 is 2.05 bits per heavy atom. The number of benzene rings is 1. The number of nitrogens with zero attached hydrogens (tertiary/aromatic N) is 2. The van der Waals surface area contributed by atoms with Crippen LogP contribution in [0.4, 0.5) is 5.69 Å². The third-order valence-corrected chi connectivity index (χ3v) is 3.43. The summed E-state index contributed by atoms with van der Waals surface area (Å²) in [5.74, 6) is -0.222. The molecule has 0 fully saturated rings. The number of amides is 1. The van der Waals surface area contributed by atoms with Gasteiger partial charge in [0.15, 0.2) is 0 Å². The second-order valence-electron chi connectivity index (χ2n) is 4.51. The van der Waals surface area contributed by atoms with Gasteiger partial charge < -0.3 is 5.32 Å². The molecule has 104 valence electrons. The van der Waals surface area contributed by atoms with Gasteiger partial charge in [0.2, 0.25) is 5.91 Å². The molecule has 1 aromatic heterocycles. The van der Waals surface area contributed by atoms with Crippen LogP contribution in [-0.2, 0) is 11.8 Å². The molecule has 5 heteroatoms. The molecule has 1 aromatic carbocycles. The number of carbonyl (C=O) groups is 1. The van der Waals surface area contributed by atoms with Gasteiger partial charge in [0.1, 0.15) is 0 Å². The number of rotatable bonds is 3. The molecule has 0 bridgehead atoms. The van der Waals surface area contributed by atoms with Crippen LogP contribution in [-0.4, -0.2) is 15.7 Å². The van der Waals surface area contributed by atoms with Crippen molar-refractivity contribution in [2.24, 2.45) is 7.05 Å². The van der Waals surface area contributed by atoms with Crippen LogP contribution in [0, 0.1) is 13.8 Å². The van der Waals surface area contributed by atoms with Crippen molar-refractivity contribution in [1.82, 2.24) is 9.78 Å². The average molecular weight is 290 g/mol. The number of halogens is 1. The van der Waals surface area contributed by atoms with E-state index in [1.807, 2.05) is 33.0 Å². The summed E-state index contributed by atoms with van der Waals surface area (Å²) in [5, 5.41) is 7.56. The van der Waals surface area contributed by atoms with E-state index in [2.05, 4.69) is 10.4 Å². The Morgan fingerprint density at radius 1 is 1.35 bits per heavy atom. The maximum Gasteiger partial charge on any atom is 0.248 e. The van der Waals surface area contributed by atoms with Crippen LogP contribution in [0.5, 0.6) is 0 Å². The molecule has 1 N–H and O–H groups in total. The second-order valence-corrected chi connectivity index (χ2v) is 4.92. The van der Waals surface area contributed by atoms with Gasteiger partial charge in [0.25, 0.3) is 0 Å². The molecule has 4 nitrogen and oxygen atoms in total. The predicted octanol–water partition coefficient (Wildman–Crippen LogP) is 3.34. The fourth-order valence-electron chi connectivity index (χ4n) is 1.93. The number of aromatic nitrogens is 2. The van der Waals surface area contributed by atoms with Crippen molar-refractivity contribution in [2.45, 2.75) is 13.8 Å². The van der Waals surface area contributed by atoms with Crippen molar-refractivity contribution in [3.63, 3.8) is 0 Å². The SMILES string of the molecule is Cc1nn(C)c(C)c1C=CC(=O)Nc1ccccc1Cl. The highest BCUT2D eigenvalue weighted by atomic mass is 35.5. The summed E-state index contributed by atoms with van der Waals surface area (Å²) >= 11 is 5.99. The molecule has 0 saturated carbocycles. The molecule has 0 unspecified atom stereocenters. The lowest BCUT2D eigenvalue weighted by atomic mass is 10.2. The van der Waals surface area contributed by atoms with E-state index in [4.69, 9.17) is 11.6 Å². The molecular weight excluding hydrogens is 274 g/mol. The summed E-state index contributed by atoms with van der Waals surface area (Å²) in [5.41, 5.74) is 3.47. The van der Waals surface area contributed by atoms with Crippen LogP contribution in [0.15, 0.2) is 30.3 Å². The van der Waals surface area contributed by atoms with Crippen LogP contribution in [0.3, 0.4) is 0 Å². The summed E-state index contributed by atoms with van der Waals surface area (Å²) in [6.45, 7) is 3.88. The van der Waals surface area contributed by atoms with E-state index in [0.717, 1.165) is 17.0 Å². The molecule has 1 amide bonds. The lowest BCUT2D eigenvalue weighted by Crippen LogP contribution is -2.08. The number of hydrogen-bond donors (Lipinski definition) is 1. The van der Waals surface area contributed by atoms with Crippen LogP contribution >= 0.6 is 11.6 Å². The Labute approximate surface area is 123 Å². The normalized spacial score (nSPS) is 11.0. The van der Waals surface area contributed by atoms with Gasteiger partial charge >= 0.3 is 0 Å². The van der Waals surface area contributed by atoms with Gasteiger partial charge in [-0.1, -0.05) is 23.7 Å². The highest BCUT2D eigenvalue weighted by Crippen LogP contribution is 2.20. The Bertz CT molecular complexity index is 674. The third kappa shape index (κ3) is 3.08. The fourth-order valence-corrected chi connectivity index (χ4v) is 2.11. The minimum absolute atomic E-state index is 0.222. The number of nitrogens with one attached hydrogen (secondary N) is 1. The molecule has 2 rings (SSSR count). The minimum atomic E-state index is -0.222. The van der Waals surface area contributed by atoms with E-state index in [0.29, 0.717) is 10.7 Å². The Hall–Kier alpha value is -2.07. The van der Waals surface area contributed by atoms with E-state index >= 15 is 0 Å². The summed E-state index contributed by atoms with van der Waals surface area (Å²) in [4.78, 5) is 11.9. The number of para-hydroxylation sites is 1. The van der Waals surface area contributed by atoms with Gasteiger partial charge in [-0.15, -0.1) is 0 Å². The van der Waals surface area contributed by atoms with Crippen molar-refractivity contribution in [3.05, 3.63) is 52.3 Å². The zero-order chi connectivity index (χ0) is 14.7. The maximum absolute atomic E-state index is 11.9. The second kappa shape index (κ2) is 5.92. The first-order valence-corrected chi connectivity index (χ1v) is 6.60. The largest absolute Gasteiger partial charge is 0.321 e. The van der Waals surface area contributed by atoms with Crippen LogP contribution in [0.25, 0.3) is 6.08 Å². The zero-order valence-corrected chi connectivity index (χ0v) is 12.4. The average Bonchev–Trinajstić information content (AvgIpc) is 2.64. The maximum atomic E-state index is 11.9. The quantitative estimate of drug-likeness (QED) is 0.881. The van der Waals surface area contributed by atoms with Crippen molar-refractivity contribution < 1.29 is 4.79 Å². The fraction of sp³-hybridized carbons (Fsp3) is 0.200. The summed E-state index contributed by atoms with van der Waals surface area (Å²) < 4.78 is 1.79. The van der Waals surface area contributed by atoms with Gasteiger partial charge in [0.05, 0.1) is 16.4 Å². The highest BCUT2D eigenvalue weighted by molar-refractivity contribution is 6.33. The van der Waals surface area contributed by atoms with Crippen molar-refractivity contribution in [2.75, 3.05) is 5.32 Å². The molecule has 0 aliphatic heterocycles. The van der Waals surface area contributed by atoms with Crippen molar-refractivity contribution in [3.8, 4) is 0 Å². The van der Waals surface area contributed by atoms with E-state index in [1.54, 1.807) is 22.9 Å². The van der Waals surface area contributed by atoms with Crippen LogP contribution < -0.4 is 5.32 Å². The molecule has 2 aromatic rings. The summed E-state index contributed by atoms with van der Waals surface area (Å²) in [6.07, 6.45) is 3.25. The molecule has 0 atom stereocenters. The lowest BCUT2D eigenvalue weighted by Gasteiger charge is -2.03. The van der Waals surface area contributed by atoms with E-state index in [1.165, 1.54) is 6.08 Å². The van der Waals surface area contributed by atoms with Crippen LogP contribution in [0.2, 0.25) is 5.02 Å². The number of anilines is 1. The van der Waals surface area contributed by atoms with Gasteiger partial charge in [0, 0.05) is 24.4 Å². The summed E-state index contributed by atoms with van der Waals surface area (Å²) in [6, 6.07) is 7.13.